The predicted molar refractivity (Wildman–Crippen MR) is 102 cm³/mol. The number of aromatic nitrogens is 3. The lowest BCUT2D eigenvalue weighted by molar-refractivity contribution is 0.395. The van der Waals surface area contributed by atoms with E-state index in [0.717, 1.165) is 16.7 Å². The predicted octanol–water partition coefficient (Wildman–Crippen LogP) is 3.48. The van der Waals surface area contributed by atoms with Gasteiger partial charge in [-0.1, -0.05) is 19.1 Å². The van der Waals surface area contributed by atoms with Crippen LogP contribution in [0.25, 0.3) is 11.0 Å². The minimum atomic E-state index is -0.0990. The van der Waals surface area contributed by atoms with Crippen LogP contribution in [0.1, 0.15) is 13.8 Å². The Bertz CT molecular complexity index is 955. The van der Waals surface area contributed by atoms with Crippen LogP contribution in [0.3, 0.4) is 0 Å². The van der Waals surface area contributed by atoms with Gasteiger partial charge in [-0.2, -0.15) is 10.4 Å². The number of anilines is 1. The average molecular weight is 348 g/mol. The second-order valence-electron chi connectivity index (χ2n) is 6.18. The number of aliphatic hydroxyl groups excluding tert-OH is 1. The molecule has 1 aliphatic rings. The van der Waals surface area contributed by atoms with Gasteiger partial charge >= 0.3 is 0 Å². The number of hydrogen-bond donors (Lipinski definition) is 2. The third-order valence-corrected chi connectivity index (χ3v) is 4.43. The lowest BCUT2D eigenvalue weighted by atomic mass is 9.84. The molecule has 3 rings (SSSR count). The second kappa shape index (κ2) is 7.23. The minimum Gasteiger partial charge on any atom is -0.512 e. The first kappa shape index (κ1) is 17.4. The maximum atomic E-state index is 9.64. The van der Waals surface area contributed by atoms with Gasteiger partial charge in [0.05, 0.1) is 22.7 Å². The molecule has 1 atom stereocenters. The van der Waals surface area contributed by atoms with Crippen molar-refractivity contribution in [1.29, 1.82) is 5.26 Å². The largest absolute Gasteiger partial charge is 0.512 e. The number of nitriles is 1. The van der Waals surface area contributed by atoms with Crippen molar-refractivity contribution in [2.45, 2.75) is 13.8 Å². The number of aromatic amines is 1. The number of aliphatic hydroxyl groups is 1. The minimum absolute atomic E-state index is 0.0337. The fourth-order valence-electron chi connectivity index (χ4n) is 2.98. The summed E-state index contributed by atoms with van der Waals surface area (Å²) in [6.07, 6.45) is 11.1. The summed E-state index contributed by atoms with van der Waals surface area (Å²) < 4.78 is 0. The van der Waals surface area contributed by atoms with Crippen molar-refractivity contribution in [3.05, 3.63) is 54.2 Å². The zero-order valence-electron chi connectivity index (χ0n) is 14.9. The van der Waals surface area contributed by atoms with Crippen LogP contribution in [-0.4, -0.2) is 32.8 Å². The maximum Gasteiger partial charge on any atom is 0.161 e. The molecular weight excluding hydrogens is 328 g/mol. The highest BCUT2D eigenvalue weighted by Crippen LogP contribution is 2.27. The zero-order chi connectivity index (χ0) is 18.7. The van der Waals surface area contributed by atoms with E-state index in [2.05, 4.69) is 26.1 Å². The van der Waals surface area contributed by atoms with Crippen molar-refractivity contribution in [2.24, 2.45) is 16.9 Å². The second-order valence-corrected chi connectivity index (χ2v) is 6.18. The third-order valence-electron chi connectivity index (χ3n) is 4.43. The van der Waals surface area contributed by atoms with Gasteiger partial charge in [-0.3, -0.25) is 0 Å². The summed E-state index contributed by atoms with van der Waals surface area (Å²) >= 11 is 0. The van der Waals surface area contributed by atoms with Crippen LogP contribution in [0.4, 0.5) is 5.82 Å². The van der Waals surface area contributed by atoms with Gasteiger partial charge in [0.15, 0.2) is 5.82 Å². The standard InChI is InChI=1S/C19H20N6O/c1-12(17(10-20)13(2)26)14-4-6-15(7-5-14)24-25(3)19-16-8-9-21-18(16)22-11-23-19/h4-9,11-12,14,26H,1-3H3,(H,21,22,23)/b17-13+,24-15?. The molecule has 0 radical (unpaired) electrons. The van der Waals surface area contributed by atoms with Crippen molar-refractivity contribution >= 4 is 22.6 Å². The fourth-order valence-corrected chi connectivity index (χ4v) is 2.98. The molecule has 2 aromatic rings. The van der Waals surface area contributed by atoms with E-state index in [-0.39, 0.29) is 17.6 Å². The number of allylic oxidation sites excluding steroid dienone is 6. The van der Waals surface area contributed by atoms with E-state index in [1.165, 1.54) is 13.3 Å². The Balaban J connectivity index is 1.79. The SMILES string of the molecule is C/C(O)=C(/C#N)C(C)C1C=CC(=NN(C)c2ncnc3[nH]ccc23)C=C1. The first-order valence-electron chi connectivity index (χ1n) is 8.28. The highest BCUT2D eigenvalue weighted by Gasteiger charge is 2.20. The van der Waals surface area contributed by atoms with E-state index in [1.807, 2.05) is 50.5 Å². The highest BCUT2D eigenvalue weighted by molar-refractivity contribution is 6.05. The number of hydrazone groups is 1. The van der Waals surface area contributed by atoms with Crippen LogP contribution in [0.15, 0.2) is 59.3 Å². The molecule has 26 heavy (non-hydrogen) atoms. The molecule has 0 saturated carbocycles. The summed E-state index contributed by atoms with van der Waals surface area (Å²) in [6, 6.07) is 4.00. The van der Waals surface area contributed by atoms with Crippen molar-refractivity contribution in [3.8, 4) is 6.07 Å². The highest BCUT2D eigenvalue weighted by atomic mass is 16.3. The van der Waals surface area contributed by atoms with Crippen LogP contribution in [0, 0.1) is 23.2 Å². The molecule has 1 unspecified atom stereocenters. The monoisotopic (exact) mass is 348 g/mol. The molecule has 7 nitrogen and oxygen atoms in total. The Morgan fingerprint density at radius 1 is 1.38 bits per heavy atom. The molecule has 0 saturated heterocycles. The molecule has 2 heterocycles. The quantitative estimate of drug-likeness (QED) is 0.500. The Kier molecular flexibility index (Phi) is 4.85. The van der Waals surface area contributed by atoms with E-state index in [1.54, 1.807) is 5.01 Å². The van der Waals surface area contributed by atoms with E-state index in [4.69, 9.17) is 0 Å². The number of hydrogen-bond acceptors (Lipinski definition) is 6. The van der Waals surface area contributed by atoms with Crippen LogP contribution < -0.4 is 5.01 Å². The molecule has 0 spiro atoms. The van der Waals surface area contributed by atoms with Gasteiger partial charge in [0.1, 0.15) is 17.7 Å². The Hall–Kier alpha value is -3.40. The molecule has 0 amide bonds. The van der Waals surface area contributed by atoms with E-state index < -0.39 is 0 Å². The molecule has 0 aromatic carbocycles. The Morgan fingerprint density at radius 3 is 2.77 bits per heavy atom. The van der Waals surface area contributed by atoms with Gasteiger partial charge in [-0.25, -0.2) is 15.0 Å². The van der Waals surface area contributed by atoms with Crippen LogP contribution in [0.5, 0.6) is 0 Å². The zero-order valence-corrected chi connectivity index (χ0v) is 14.9. The van der Waals surface area contributed by atoms with Crippen LogP contribution in [0.2, 0.25) is 0 Å². The third kappa shape index (κ3) is 3.35. The average Bonchev–Trinajstić information content (AvgIpc) is 3.11. The maximum absolute atomic E-state index is 9.64. The van der Waals surface area contributed by atoms with Crippen molar-refractivity contribution in [2.75, 3.05) is 12.1 Å². The van der Waals surface area contributed by atoms with Gasteiger partial charge in [-0.05, 0) is 25.1 Å². The molecule has 1 aliphatic carbocycles. The summed E-state index contributed by atoms with van der Waals surface area (Å²) in [5, 5.41) is 26.0. The van der Waals surface area contributed by atoms with Crippen LogP contribution in [-0.2, 0) is 0 Å². The molecule has 2 N–H and O–H groups in total. The summed E-state index contributed by atoms with van der Waals surface area (Å²) in [4.78, 5) is 11.5. The normalized spacial score (nSPS) is 18.4. The first-order valence-corrected chi connectivity index (χ1v) is 8.28. The topological polar surface area (TPSA) is 101 Å². The molecule has 132 valence electrons. The van der Waals surface area contributed by atoms with E-state index >= 15 is 0 Å². The van der Waals surface area contributed by atoms with Gasteiger partial charge < -0.3 is 10.1 Å². The summed E-state index contributed by atoms with van der Waals surface area (Å²) in [6.45, 7) is 3.46. The van der Waals surface area contributed by atoms with Gasteiger partial charge in [0.2, 0.25) is 0 Å². The number of fused-ring (bicyclic) bond motifs is 1. The Morgan fingerprint density at radius 2 is 2.12 bits per heavy atom. The summed E-state index contributed by atoms with van der Waals surface area (Å²) in [7, 11) is 1.84. The van der Waals surface area contributed by atoms with Gasteiger partial charge in [-0.15, -0.1) is 0 Å². The summed E-state index contributed by atoms with van der Waals surface area (Å²) in [5.74, 6) is 0.719. The van der Waals surface area contributed by atoms with Gasteiger partial charge in [0.25, 0.3) is 0 Å². The van der Waals surface area contributed by atoms with Crippen molar-refractivity contribution in [3.63, 3.8) is 0 Å². The van der Waals surface area contributed by atoms with Gasteiger partial charge in [0, 0.05) is 25.1 Å². The molecule has 0 aliphatic heterocycles. The molecule has 2 aromatic heterocycles. The van der Waals surface area contributed by atoms with E-state index in [0.29, 0.717) is 11.4 Å². The van der Waals surface area contributed by atoms with Crippen molar-refractivity contribution in [1.82, 2.24) is 15.0 Å². The number of nitrogens with zero attached hydrogens (tertiary/aromatic N) is 5. The fraction of sp³-hybridized carbons (Fsp3) is 0.263. The van der Waals surface area contributed by atoms with Crippen LogP contribution >= 0.6 is 0 Å². The number of rotatable bonds is 4. The first-order chi connectivity index (χ1) is 12.5. The lowest BCUT2D eigenvalue weighted by Gasteiger charge is -2.20. The molecule has 7 heteroatoms. The lowest BCUT2D eigenvalue weighted by Crippen LogP contribution is -2.17. The van der Waals surface area contributed by atoms with Crippen molar-refractivity contribution < 1.29 is 5.11 Å². The summed E-state index contributed by atoms with van der Waals surface area (Å²) in [5.41, 5.74) is 1.94. The molecule has 0 bridgehead atoms. The number of nitrogens with one attached hydrogen (secondary N) is 1. The number of H-pyrrole nitrogens is 1. The molecule has 0 fully saturated rings. The molecular formula is C19H20N6O. The van der Waals surface area contributed by atoms with E-state index in [9.17, 15) is 10.4 Å². The Labute approximate surface area is 151 Å². The smallest absolute Gasteiger partial charge is 0.161 e.